The van der Waals surface area contributed by atoms with Crippen LogP contribution in [0.5, 0.6) is 0 Å². The van der Waals surface area contributed by atoms with Crippen LogP contribution in [0.25, 0.3) is 0 Å². The molecule has 108 valence electrons. The van der Waals surface area contributed by atoms with Crippen LogP contribution in [-0.4, -0.2) is 63.3 Å². The van der Waals surface area contributed by atoms with Gasteiger partial charge in [-0.15, -0.1) is 0 Å². The molecule has 0 radical (unpaired) electrons. The van der Waals surface area contributed by atoms with Crippen molar-refractivity contribution in [3.05, 3.63) is 0 Å². The first-order valence-electron chi connectivity index (χ1n) is 7.51. The van der Waals surface area contributed by atoms with Crippen molar-refractivity contribution in [1.29, 1.82) is 0 Å². The molecule has 4 nitrogen and oxygen atoms in total. The van der Waals surface area contributed by atoms with Gasteiger partial charge in [0.1, 0.15) is 0 Å². The van der Waals surface area contributed by atoms with Gasteiger partial charge in [0.15, 0.2) is 0 Å². The molecule has 0 atom stereocenters. The largest absolute Gasteiger partial charge is 0.315 e. The SMILES string of the molecule is CCCCNCCNCCCNC1(C)CN(C)C1. The number of hydrogen-bond donors (Lipinski definition) is 3. The predicted octanol–water partition coefficient (Wildman–Crippen LogP) is 0.650. The lowest BCUT2D eigenvalue weighted by atomic mass is 9.93. The fourth-order valence-electron chi connectivity index (χ4n) is 2.59. The minimum absolute atomic E-state index is 0.371. The van der Waals surface area contributed by atoms with Crippen LogP contribution < -0.4 is 16.0 Å². The summed E-state index contributed by atoms with van der Waals surface area (Å²) >= 11 is 0. The van der Waals surface area contributed by atoms with E-state index in [1.54, 1.807) is 0 Å². The predicted molar refractivity (Wildman–Crippen MR) is 79.2 cm³/mol. The van der Waals surface area contributed by atoms with Gasteiger partial charge in [-0.05, 0) is 46.4 Å². The molecule has 0 amide bonds. The molecule has 3 N–H and O–H groups in total. The minimum Gasteiger partial charge on any atom is -0.315 e. The Balaban J connectivity index is 1.76. The Morgan fingerprint density at radius 3 is 2.11 bits per heavy atom. The highest BCUT2D eigenvalue weighted by Gasteiger charge is 2.35. The normalized spacial score (nSPS) is 18.8. The Kier molecular flexibility index (Phi) is 7.82. The maximum absolute atomic E-state index is 3.65. The monoisotopic (exact) mass is 256 g/mol. The molecule has 0 unspecified atom stereocenters. The van der Waals surface area contributed by atoms with Crippen LogP contribution >= 0.6 is 0 Å². The van der Waals surface area contributed by atoms with Gasteiger partial charge in [-0.3, -0.25) is 0 Å². The van der Waals surface area contributed by atoms with Crippen molar-refractivity contribution in [3.63, 3.8) is 0 Å². The third kappa shape index (κ3) is 6.69. The highest BCUT2D eigenvalue weighted by atomic mass is 15.3. The zero-order valence-corrected chi connectivity index (χ0v) is 12.5. The van der Waals surface area contributed by atoms with Crippen molar-refractivity contribution < 1.29 is 0 Å². The summed E-state index contributed by atoms with van der Waals surface area (Å²) in [6.45, 7) is 12.5. The van der Waals surface area contributed by atoms with E-state index in [1.165, 1.54) is 32.4 Å². The maximum Gasteiger partial charge on any atom is 0.0408 e. The number of rotatable bonds is 11. The minimum atomic E-state index is 0.371. The van der Waals surface area contributed by atoms with Crippen LogP contribution in [0.1, 0.15) is 33.1 Å². The van der Waals surface area contributed by atoms with Gasteiger partial charge >= 0.3 is 0 Å². The smallest absolute Gasteiger partial charge is 0.0408 e. The summed E-state index contributed by atoms with van der Waals surface area (Å²) in [5, 5.41) is 10.6. The second-order valence-electron chi connectivity index (χ2n) is 5.87. The van der Waals surface area contributed by atoms with Crippen molar-refractivity contribution in [2.45, 2.75) is 38.6 Å². The number of likely N-dealkylation sites (tertiary alicyclic amines) is 1. The summed E-state index contributed by atoms with van der Waals surface area (Å²) in [6, 6.07) is 0. The molecular formula is C14H32N4. The Morgan fingerprint density at radius 2 is 1.56 bits per heavy atom. The second-order valence-corrected chi connectivity index (χ2v) is 5.87. The Morgan fingerprint density at radius 1 is 0.944 bits per heavy atom. The average molecular weight is 256 g/mol. The number of nitrogens with zero attached hydrogens (tertiary/aromatic N) is 1. The topological polar surface area (TPSA) is 39.3 Å². The van der Waals surface area contributed by atoms with Gasteiger partial charge in [0.2, 0.25) is 0 Å². The van der Waals surface area contributed by atoms with E-state index in [-0.39, 0.29) is 0 Å². The van der Waals surface area contributed by atoms with Crippen molar-refractivity contribution in [2.75, 3.05) is 52.9 Å². The highest BCUT2D eigenvalue weighted by molar-refractivity contribution is 4.97. The van der Waals surface area contributed by atoms with Crippen LogP contribution in [0.2, 0.25) is 0 Å². The summed E-state index contributed by atoms with van der Waals surface area (Å²) in [4.78, 5) is 2.35. The first kappa shape index (κ1) is 15.9. The molecular weight excluding hydrogens is 224 g/mol. The van der Waals surface area contributed by atoms with E-state index in [4.69, 9.17) is 0 Å². The van der Waals surface area contributed by atoms with E-state index in [0.29, 0.717) is 5.54 Å². The second kappa shape index (κ2) is 8.86. The molecule has 0 spiro atoms. The molecule has 0 aromatic rings. The Labute approximate surface area is 113 Å². The quantitative estimate of drug-likeness (QED) is 0.475. The molecule has 18 heavy (non-hydrogen) atoms. The van der Waals surface area contributed by atoms with Crippen LogP contribution in [-0.2, 0) is 0 Å². The van der Waals surface area contributed by atoms with Crippen molar-refractivity contribution in [1.82, 2.24) is 20.9 Å². The van der Waals surface area contributed by atoms with Crippen LogP contribution in [0, 0.1) is 0 Å². The summed E-state index contributed by atoms with van der Waals surface area (Å²) in [7, 11) is 2.18. The van der Waals surface area contributed by atoms with Gasteiger partial charge in [-0.1, -0.05) is 13.3 Å². The lowest BCUT2D eigenvalue weighted by Gasteiger charge is -2.47. The fourth-order valence-corrected chi connectivity index (χ4v) is 2.59. The molecule has 0 saturated carbocycles. The highest BCUT2D eigenvalue weighted by Crippen LogP contribution is 2.17. The number of unbranched alkanes of at least 4 members (excludes halogenated alkanes) is 1. The third-order valence-electron chi connectivity index (χ3n) is 3.51. The molecule has 0 aromatic carbocycles. The molecule has 0 aliphatic carbocycles. The summed E-state index contributed by atoms with van der Waals surface area (Å²) < 4.78 is 0. The Hall–Kier alpha value is -0.160. The Bertz CT molecular complexity index is 202. The van der Waals surface area contributed by atoms with E-state index in [0.717, 1.165) is 32.7 Å². The van der Waals surface area contributed by atoms with Gasteiger partial charge < -0.3 is 20.9 Å². The van der Waals surface area contributed by atoms with E-state index >= 15 is 0 Å². The summed E-state index contributed by atoms with van der Waals surface area (Å²) in [5.74, 6) is 0. The molecule has 1 saturated heterocycles. The zero-order valence-electron chi connectivity index (χ0n) is 12.5. The van der Waals surface area contributed by atoms with E-state index in [1.807, 2.05) is 0 Å². The van der Waals surface area contributed by atoms with Crippen LogP contribution in [0.15, 0.2) is 0 Å². The molecule has 1 rings (SSSR count). The number of hydrogen-bond acceptors (Lipinski definition) is 4. The first-order chi connectivity index (χ1) is 8.66. The average Bonchev–Trinajstić information content (AvgIpc) is 2.30. The molecule has 1 aliphatic heterocycles. The van der Waals surface area contributed by atoms with Gasteiger partial charge in [0, 0.05) is 31.7 Å². The number of nitrogens with one attached hydrogen (secondary N) is 3. The molecule has 1 aliphatic rings. The molecule has 0 bridgehead atoms. The van der Waals surface area contributed by atoms with Crippen molar-refractivity contribution >= 4 is 0 Å². The third-order valence-corrected chi connectivity index (χ3v) is 3.51. The fraction of sp³-hybridized carbons (Fsp3) is 1.00. The van der Waals surface area contributed by atoms with Crippen molar-refractivity contribution in [2.24, 2.45) is 0 Å². The van der Waals surface area contributed by atoms with Crippen LogP contribution in [0.3, 0.4) is 0 Å². The standard InChI is InChI=1S/C14H32N4/c1-4-5-7-15-10-11-16-8-6-9-17-14(2)12-18(3)13-14/h15-17H,4-13H2,1-3H3. The zero-order chi connectivity index (χ0) is 13.3. The number of likely N-dealkylation sites (N-methyl/N-ethyl adjacent to an activating group) is 1. The first-order valence-corrected chi connectivity index (χ1v) is 7.51. The maximum atomic E-state index is 3.65. The van der Waals surface area contributed by atoms with Crippen molar-refractivity contribution in [3.8, 4) is 0 Å². The van der Waals surface area contributed by atoms with Gasteiger partial charge in [-0.25, -0.2) is 0 Å². The van der Waals surface area contributed by atoms with Gasteiger partial charge in [0.25, 0.3) is 0 Å². The molecule has 1 heterocycles. The summed E-state index contributed by atoms with van der Waals surface area (Å²) in [5.41, 5.74) is 0.371. The van der Waals surface area contributed by atoms with E-state index in [2.05, 4.69) is 41.7 Å². The van der Waals surface area contributed by atoms with Gasteiger partial charge in [0.05, 0.1) is 0 Å². The lowest BCUT2D eigenvalue weighted by Crippen LogP contribution is -2.66. The van der Waals surface area contributed by atoms with Crippen LogP contribution in [0.4, 0.5) is 0 Å². The molecule has 1 fully saturated rings. The molecule has 4 heteroatoms. The molecule has 0 aromatic heterocycles. The van der Waals surface area contributed by atoms with E-state index in [9.17, 15) is 0 Å². The van der Waals surface area contributed by atoms with Gasteiger partial charge in [-0.2, -0.15) is 0 Å². The van der Waals surface area contributed by atoms with E-state index < -0.39 is 0 Å². The summed E-state index contributed by atoms with van der Waals surface area (Å²) in [6.07, 6.45) is 3.78. The lowest BCUT2D eigenvalue weighted by molar-refractivity contribution is 0.0808.